The van der Waals surface area contributed by atoms with Crippen LogP contribution >= 0.6 is 23.1 Å². The van der Waals surface area contributed by atoms with Gasteiger partial charge in [0.25, 0.3) is 5.56 Å². The van der Waals surface area contributed by atoms with Gasteiger partial charge in [-0.15, -0.1) is 11.3 Å². The molecule has 0 amide bonds. The molecule has 0 bridgehead atoms. The van der Waals surface area contributed by atoms with E-state index in [4.69, 9.17) is 9.72 Å². The minimum atomic E-state index is 0.0529. The van der Waals surface area contributed by atoms with E-state index in [-0.39, 0.29) is 11.7 Å². The quantitative estimate of drug-likeness (QED) is 0.306. The van der Waals surface area contributed by atoms with Gasteiger partial charge >= 0.3 is 0 Å². The highest BCUT2D eigenvalue weighted by Crippen LogP contribution is 2.36. The van der Waals surface area contributed by atoms with E-state index in [0.29, 0.717) is 12.5 Å². The topological polar surface area (TPSA) is 44.1 Å². The van der Waals surface area contributed by atoms with Crippen LogP contribution < -0.4 is 5.56 Å². The normalized spacial score (nSPS) is 16.6. The lowest BCUT2D eigenvalue weighted by molar-refractivity contribution is 0.00200. The summed E-state index contributed by atoms with van der Waals surface area (Å²) in [4.78, 5) is 20.6. The molecule has 0 N–H and O–H groups in total. The van der Waals surface area contributed by atoms with Gasteiger partial charge in [0, 0.05) is 17.1 Å². The molecular weight excluding hydrogens is 388 g/mol. The molecule has 0 fully saturated rings. The van der Waals surface area contributed by atoms with Crippen LogP contribution in [-0.2, 0) is 17.8 Å². The van der Waals surface area contributed by atoms with Gasteiger partial charge in [0.15, 0.2) is 5.16 Å². The summed E-state index contributed by atoms with van der Waals surface area (Å²) in [6, 6.07) is 9.88. The molecule has 1 atom stereocenters. The first-order chi connectivity index (χ1) is 13.6. The average molecular weight is 415 g/mol. The summed E-state index contributed by atoms with van der Waals surface area (Å²) in [6.07, 6.45) is 3.19. The van der Waals surface area contributed by atoms with Gasteiger partial charge < -0.3 is 4.74 Å². The van der Waals surface area contributed by atoms with Crippen molar-refractivity contribution in [3.63, 3.8) is 0 Å². The first kappa shape index (κ1) is 19.7. The molecule has 0 unspecified atom stereocenters. The van der Waals surface area contributed by atoms with Crippen LogP contribution in [0.5, 0.6) is 0 Å². The third kappa shape index (κ3) is 3.65. The first-order valence-electron chi connectivity index (χ1n) is 9.97. The number of nitrogens with zero attached hydrogens (tertiary/aromatic N) is 2. The van der Waals surface area contributed by atoms with Crippen LogP contribution in [0, 0.1) is 5.92 Å². The number of rotatable bonds is 6. The van der Waals surface area contributed by atoms with Gasteiger partial charge in [-0.05, 0) is 30.0 Å². The third-order valence-corrected chi connectivity index (χ3v) is 7.32. The van der Waals surface area contributed by atoms with Crippen molar-refractivity contribution >= 4 is 33.3 Å². The minimum absolute atomic E-state index is 0.0529. The van der Waals surface area contributed by atoms with Crippen molar-refractivity contribution in [1.29, 1.82) is 0 Å². The number of thiophene rings is 1. The highest BCUT2D eigenvalue weighted by atomic mass is 32.2. The second kappa shape index (κ2) is 8.39. The lowest BCUT2D eigenvalue weighted by Gasteiger charge is -2.26. The van der Waals surface area contributed by atoms with E-state index in [1.165, 1.54) is 0 Å². The summed E-state index contributed by atoms with van der Waals surface area (Å²) < 4.78 is 7.83. The van der Waals surface area contributed by atoms with Crippen molar-refractivity contribution in [3.8, 4) is 5.69 Å². The highest BCUT2D eigenvalue weighted by Gasteiger charge is 2.28. The monoisotopic (exact) mass is 414 g/mol. The second-order valence-electron chi connectivity index (χ2n) is 7.55. The van der Waals surface area contributed by atoms with E-state index < -0.39 is 0 Å². The Bertz CT molecular complexity index is 1020. The Hall–Kier alpha value is -1.63. The van der Waals surface area contributed by atoms with Crippen LogP contribution in [0.25, 0.3) is 15.9 Å². The molecule has 0 spiro atoms. The molecule has 3 aromatic rings. The molecule has 6 heteroatoms. The second-order valence-corrected chi connectivity index (χ2v) is 9.70. The lowest BCUT2D eigenvalue weighted by Crippen LogP contribution is -2.28. The van der Waals surface area contributed by atoms with E-state index >= 15 is 0 Å². The molecule has 1 aliphatic heterocycles. The number of hydrogen-bond donors (Lipinski definition) is 0. The van der Waals surface area contributed by atoms with Crippen LogP contribution in [-0.4, -0.2) is 21.4 Å². The van der Waals surface area contributed by atoms with Crippen LogP contribution in [0.15, 0.2) is 40.3 Å². The highest BCUT2D eigenvalue weighted by molar-refractivity contribution is 7.99. The van der Waals surface area contributed by atoms with Crippen LogP contribution in [0.3, 0.4) is 0 Å². The Labute approximate surface area is 174 Å². The molecule has 3 heterocycles. The number of para-hydroxylation sites is 1. The number of ether oxygens (including phenoxy) is 1. The van der Waals surface area contributed by atoms with Gasteiger partial charge in [0.05, 0.1) is 23.8 Å². The van der Waals surface area contributed by atoms with E-state index in [1.807, 2.05) is 30.3 Å². The number of thioether (sulfide) groups is 1. The molecule has 2 aromatic heterocycles. The fourth-order valence-corrected chi connectivity index (χ4v) is 5.81. The number of unbranched alkanes of at least 4 members (excludes halogenated alkanes) is 1. The average Bonchev–Trinajstić information content (AvgIpc) is 3.06. The zero-order valence-corrected chi connectivity index (χ0v) is 18.2. The fraction of sp³-hybridized carbons (Fsp3) is 0.455. The maximum atomic E-state index is 13.7. The lowest BCUT2D eigenvalue weighted by atomic mass is 9.96. The predicted octanol–water partition coefficient (Wildman–Crippen LogP) is 5.44. The Balaban J connectivity index is 1.89. The van der Waals surface area contributed by atoms with Crippen molar-refractivity contribution in [3.05, 3.63) is 51.1 Å². The molecule has 4 nitrogen and oxygen atoms in total. The summed E-state index contributed by atoms with van der Waals surface area (Å²) >= 11 is 3.30. The predicted molar refractivity (Wildman–Crippen MR) is 118 cm³/mol. The molecular formula is C22H26N2O2S2. The summed E-state index contributed by atoms with van der Waals surface area (Å²) in [5.41, 5.74) is 2.09. The Morgan fingerprint density at radius 1 is 1.32 bits per heavy atom. The fourth-order valence-electron chi connectivity index (χ4n) is 3.55. The number of benzene rings is 1. The number of aromatic nitrogens is 2. The molecule has 1 aromatic carbocycles. The van der Waals surface area contributed by atoms with Gasteiger partial charge in [0.1, 0.15) is 4.83 Å². The molecule has 4 rings (SSSR count). The summed E-state index contributed by atoms with van der Waals surface area (Å²) in [5.74, 6) is 1.39. The van der Waals surface area contributed by atoms with Crippen molar-refractivity contribution in [2.45, 2.75) is 57.9 Å². The van der Waals surface area contributed by atoms with Crippen LogP contribution in [0.1, 0.15) is 44.1 Å². The van der Waals surface area contributed by atoms with E-state index in [2.05, 4.69) is 20.8 Å². The largest absolute Gasteiger partial charge is 0.372 e. The zero-order valence-electron chi connectivity index (χ0n) is 16.6. The van der Waals surface area contributed by atoms with Gasteiger partial charge in [0.2, 0.25) is 0 Å². The van der Waals surface area contributed by atoms with Crippen LogP contribution in [0.2, 0.25) is 0 Å². The van der Waals surface area contributed by atoms with Gasteiger partial charge in [-0.2, -0.15) is 0 Å². The van der Waals surface area contributed by atoms with Crippen molar-refractivity contribution in [2.75, 3.05) is 5.75 Å². The summed E-state index contributed by atoms with van der Waals surface area (Å²) in [5, 5.41) is 1.58. The summed E-state index contributed by atoms with van der Waals surface area (Å²) in [7, 11) is 0. The zero-order chi connectivity index (χ0) is 19.7. The smallest absolute Gasteiger partial charge is 0.267 e. The SMILES string of the molecule is CCCCSc1nc2sc3c(c2c(=O)n1-c1ccccc1)C[C@H](C(C)C)OC3. The molecule has 0 saturated heterocycles. The standard InChI is InChI=1S/C22H26N2O2S2/c1-4-5-11-27-22-23-20-19(21(25)24(22)15-9-7-6-8-10-15)16-12-17(14(2)3)26-13-18(16)28-20/h6-10,14,17H,4-5,11-13H2,1-3H3/t17-/m1/s1. The maximum absolute atomic E-state index is 13.7. The van der Waals surface area contributed by atoms with E-state index in [1.54, 1.807) is 27.7 Å². The molecule has 1 aliphatic rings. The van der Waals surface area contributed by atoms with E-state index in [0.717, 1.165) is 56.5 Å². The Morgan fingerprint density at radius 2 is 2.11 bits per heavy atom. The number of hydrogen-bond acceptors (Lipinski definition) is 5. The molecule has 0 aliphatic carbocycles. The van der Waals surface area contributed by atoms with Gasteiger partial charge in [-0.25, -0.2) is 4.98 Å². The Morgan fingerprint density at radius 3 is 2.82 bits per heavy atom. The molecule has 0 radical (unpaired) electrons. The third-order valence-electron chi connectivity index (χ3n) is 5.20. The van der Waals surface area contributed by atoms with Crippen molar-refractivity contribution < 1.29 is 4.74 Å². The molecule has 0 saturated carbocycles. The first-order valence-corrected chi connectivity index (χ1v) is 11.8. The Kier molecular flexibility index (Phi) is 5.90. The van der Waals surface area contributed by atoms with Gasteiger partial charge in [-0.1, -0.05) is 57.2 Å². The van der Waals surface area contributed by atoms with Gasteiger partial charge in [-0.3, -0.25) is 9.36 Å². The van der Waals surface area contributed by atoms with E-state index in [9.17, 15) is 4.79 Å². The summed E-state index contributed by atoms with van der Waals surface area (Å²) in [6.45, 7) is 7.11. The number of fused-ring (bicyclic) bond motifs is 3. The van der Waals surface area contributed by atoms with Crippen molar-refractivity contribution in [1.82, 2.24) is 9.55 Å². The molecule has 148 valence electrons. The minimum Gasteiger partial charge on any atom is -0.372 e. The maximum Gasteiger partial charge on any atom is 0.267 e. The van der Waals surface area contributed by atoms with Crippen molar-refractivity contribution in [2.24, 2.45) is 5.92 Å². The van der Waals surface area contributed by atoms with Crippen LogP contribution in [0.4, 0.5) is 0 Å². The molecule has 28 heavy (non-hydrogen) atoms.